The summed E-state index contributed by atoms with van der Waals surface area (Å²) in [4.78, 5) is 20.0. The van der Waals surface area contributed by atoms with E-state index in [-0.39, 0.29) is 11.9 Å². The summed E-state index contributed by atoms with van der Waals surface area (Å²) in [6.07, 6.45) is 3.09. The van der Waals surface area contributed by atoms with Gasteiger partial charge in [0.05, 0.1) is 5.56 Å². The third kappa shape index (κ3) is 2.54. The SMILES string of the molecule is O=C(Nc1n[nH]c(-c2ccccc2)n1)c1cccnc1. The predicted octanol–water partition coefficient (Wildman–Crippen LogP) is 2.12. The van der Waals surface area contributed by atoms with Gasteiger partial charge in [0.1, 0.15) is 0 Å². The molecule has 2 N–H and O–H groups in total. The highest BCUT2D eigenvalue weighted by Crippen LogP contribution is 2.15. The molecule has 6 heteroatoms. The van der Waals surface area contributed by atoms with Crippen molar-refractivity contribution in [1.82, 2.24) is 20.2 Å². The van der Waals surface area contributed by atoms with E-state index in [2.05, 4.69) is 25.5 Å². The number of nitrogens with one attached hydrogen (secondary N) is 2. The molecule has 98 valence electrons. The Bertz CT molecular complexity index is 709. The first-order valence-electron chi connectivity index (χ1n) is 6.02. The Labute approximate surface area is 114 Å². The van der Waals surface area contributed by atoms with Gasteiger partial charge in [-0.05, 0) is 12.1 Å². The first-order chi connectivity index (χ1) is 9.83. The summed E-state index contributed by atoms with van der Waals surface area (Å²) in [5.41, 5.74) is 1.36. The molecule has 0 saturated heterocycles. The van der Waals surface area contributed by atoms with Crippen LogP contribution in [0, 0.1) is 0 Å². The second kappa shape index (κ2) is 5.31. The fraction of sp³-hybridized carbons (Fsp3) is 0. The monoisotopic (exact) mass is 265 g/mol. The standard InChI is InChI=1S/C14H11N5O/c20-13(11-7-4-8-15-9-11)17-14-16-12(18-19-14)10-5-2-1-3-6-10/h1-9H,(H2,16,17,18,19,20). The minimum atomic E-state index is -0.295. The van der Waals surface area contributed by atoms with Crippen LogP contribution in [-0.2, 0) is 0 Å². The second-order valence-corrected chi connectivity index (χ2v) is 4.07. The molecule has 0 fully saturated rings. The van der Waals surface area contributed by atoms with Crippen LogP contribution in [0.3, 0.4) is 0 Å². The molecule has 3 rings (SSSR count). The van der Waals surface area contributed by atoms with Crippen LogP contribution in [0.1, 0.15) is 10.4 Å². The zero-order chi connectivity index (χ0) is 13.8. The molecule has 0 aliphatic rings. The van der Waals surface area contributed by atoms with Crippen LogP contribution >= 0.6 is 0 Å². The van der Waals surface area contributed by atoms with Crippen molar-refractivity contribution >= 4 is 11.9 Å². The number of rotatable bonds is 3. The van der Waals surface area contributed by atoms with E-state index in [9.17, 15) is 4.79 Å². The molecule has 1 aromatic carbocycles. The molecular weight excluding hydrogens is 254 g/mol. The van der Waals surface area contributed by atoms with Gasteiger partial charge in [-0.25, -0.2) is 0 Å². The number of anilines is 1. The number of H-pyrrole nitrogens is 1. The molecule has 1 amide bonds. The summed E-state index contributed by atoms with van der Waals surface area (Å²) < 4.78 is 0. The molecule has 0 spiro atoms. The Balaban J connectivity index is 1.77. The zero-order valence-corrected chi connectivity index (χ0v) is 10.4. The van der Waals surface area contributed by atoms with Crippen LogP contribution in [0.25, 0.3) is 11.4 Å². The van der Waals surface area contributed by atoms with Gasteiger partial charge < -0.3 is 0 Å². The molecule has 0 radical (unpaired) electrons. The summed E-state index contributed by atoms with van der Waals surface area (Å²) in [6, 6.07) is 12.9. The van der Waals surface area contributed by atoms with Crippen molar-refractivity contribution in [2.75, 3.05) is 5.32 Å². The van der Waals surface area contributed by atoms with Crippen molar-refractivity contribution in [3.05, 3.63) is 60.4 Å². The highest BCUT2D eigenvalue weighted by molar-refractivity contribution is 6.03. The van der Waals surface area contributed by atoms with Crippen molar-refractivity contribution in [1.29, 1.82) is 0 Å². The van der Waals surface area contributed by atoms with Gasteiger partial charge in [-0.2, -0.15) is 4.98 Å². The number of hydrogen-bond acceptors (Lipinski definition) is 4. The second-order valence-electron chi connectivity index (χ2n) is 4.07. The normalized spacial score (nSPS) is 10.2. The average molecular weight is 265 g/mol. The van der Waals surface area contributed by atoms with E-state index in [1.807, 2.05) is 30.3 Å². The molecule has 0 atom stereocenters. The van der Waals surface area contributed by atoms with Crippen LogP contribution in [-0.4, -0.2) is 26.1 Å². The van der Waals surface area contributed by atoms with Gasteiger partial charge in [-0.15, -0.1) is 5.10 Å². The number of aromatic nitrogens is 4. The number of carbonyl (C=O) groups is 1. The minimum Gasteiger partial charge on any atom is -0.289 e. The number of amides is 1. The Morgan fingerprint density at radius 2 is 1.95 bits per heavy atom. The van der Waals surface area contributed by atoms with Crippen molar-refractivity contribution in [2.45, 2.75) is 0 Å². The number of pyridine rings is 1. The van der Waals surface area contributed by atoms with Gasteiger partial charge in [0.15, 0.2) is 5.82 Å². The maximum Gasteiger partial charge on any atom is 0.259 e. The number of aromatic amines is 1. The molecule has 2 heterocycles. The molecule has 0 unspecified atom stereocenters. The third-order valence-corrected chi connectivity index (χ3v) is 2.68. The van der Waals surface area contributed by atoms with Crippen LogP contribution < -0.4 is 5.32 Å². The van der Waals surface area contributed by atoms with E-state index in [0.29, 0.717) is 11.4 Å². The molecule has 0 bridgehead atoms. The molecule has 2 aromatic heterocycles. The largest absolute Gasteiger partial charge is 0.289 e. The molecule has 6 nitrogen and oxygen atoms in total. The fourth-order valence-corrected chi connectivity index (χ4v) is 1.71. The Hall–Kier alpha value is -3.02. The quantitative estimate of drug-likeness (QED) is 0.759. The van der Waals surface area contributed by atoms with Gasteiger partial charge in [-0.3, -0.25) is 20.2 Å². The van der Waals surface area contributed by atoms with E-state index in [1.54, 1.807) is 18.3 Å². The first kappa shape index (κ1) is 12.0. The van der Waals surface area contributed by atoms with Crippen LogP contribution in [0.5, 0.6) is 0 Å². The lowest BCUT2D eigenvalue weighted by atomic mass is 10.2. The van der Waals surface area contributed by atoms with Gasteiger partial charge in [0, 0.05) is 18.0 Å². The Kier molecular flexibility index (Phi) is 3.20. The zero-order valence-electron chi connectivity index (χ0n) is 10.4. The third-order valence-electron chi connectivity index (χ3n) is 2.68. The molecular formula is C14H11N5O. The smallest absolute Gasteiger partial charge is 0.259 e. The summed E-state index contributed by atoms with van der Waals surface area (Å²) in [6.45, 7) is 0. The van der Waals surface area contributed by atoms with Crippen molar-refractivity contribution in [2.24, 2.45) is 0 Å². The van der Waals surface area contributed by atoms with Gasteiger partial charge in [0.2, 0.25) is 5.95 Å². The summed E-state index contributed by atoms with van der Waals surface area (Å²) in [5.74, 6) is 0.543. The minimum absolute atomic E-state index is 0.234. The number of hydrogen-bond donors (Lipinski definition) is 2. The van der Waals surface area contributed by atoms with Crippen LogP contribution in [0.2, 0.25) is 0 Å². The van der Waals surface area contributed by atoms with Crippen molar-refractivity contribution in [3.63, 3.8) is 0 Å². The molecule has 0 aliphatic carbocycles. The maximum atomic E-state index is 11.9. The van der Waals surface area contributed by atoms with Gasteiger partial charge >= 0.3 is 0 Å². The molecule has 3 aromatic rings. The molecule has 0 saturated carbocycles. The highest BCUT2D eigenvalue weighted by atomic mass is 16.1. The van der Waals surface area contributed by atoms with E-state index < -0.39 is 0 Å². The van der Waals surface area contributed by atoms with Crippen LogP contribution in [0.4, 0.5) is 5.95 Å². The van der Waals surface area contributed by atoms with Crippen molar-refractivity contribution < 1.29 is 4.79 Å². The first-order valence-corrected chi connectivity index (χ1v) is 6.02. The summed E-state index contributed by atoms with van der Waals surface area (Å²) in [7, 11) is 0. The lowest BCUT2D eigenvalue weighted by molar-refractivity contribution is 0.102. The Morgan fingerprint density at radius 3 is 2.70 bits per heavy atom. The lowest BCUT2D eigenvalue weighted by Crippen LogP contribution is -2.13. The maximum absolute atomic E-state index is 11.9. The van der Waals surface area contributed by atoms with Crippen LogP contribution in [0.15, 0.2) is 54.9 Å². The van der Waals surface area contributed by atoms with Gasteiger partial charge in [-0.1, -0.05) is 30.3 Å². The Morgan fingerprint density at radius 1 is 1.10 bits per heavy atom. The highest BCUT2D eigenvalue weighted by Gasteiger charge is 2.10. The molecule has 0 aliphatic heterocycles. The van der Waals surface area contributed by atoms with E-state index in [0.717, 1.165) is 5.56 Å². The fourth-order valence-electron chi connectivity index (χ4n) is 1.71. The summed E-state index contributed by atoms with van der Waals surface area (Å²) >= 11 is 0. The van der Waals surface area contributed by atoms with Gasteiger partial charge in [0.25, 0.3) is 5.91 Å². The predicted molar refractivity (Wildman–Crippen MR) is 74.0 cm³/mol. The lowest BCUT2D eigenvalue weighted by Gasteiger charge is -1.99. The average Bonchev–Trinajstić information content (AvgIpc) is 2.97. The number of benzene rings is 1. The van der Waals surface area contributed by atoms with E-state index in [1.165, 1.54) is 6.20 Å². The number of nitrogens with zero attached hydrogens (tertiary/aromatic N) is 3. The van der Waals surface area contributed by atoms with E-state index >= 15 is 0 Å². The molecule has 20 heavy (non-hydrogen) atoms. The summed E-state index contributed by atoms with van der Waals surface area (Å²) in [5, 5.41) is 9.37. The van der Waals surface area contributed by atoms with Crippen molar-refractivity contribution in [3.8, 4) is 11.4 Å². The van der Waals surface area contributed by atoms with E-state index in [4.69, 9.17) is 0 Å². The number of carbonyl (C=O) groups excluding carboxylic acids is 1. The topological polar surface area (TPSA) is 83.6 Å².